The fourth-order valence-electron chi connectivity index (χ4n) is 3.50. The Balaban J connectivity index is 1.72. The average Bonchev–Trinajstić information content (AvgIpc) is 3.05. The standard InChI is InChI=1S/C19H20N2O4S/c1-24-13-7-8-19(18(11-13)25-2)26(22,23)21-10-9-15-14-5-3-4-6-16(14)20-17(15)12-21/h3-8,11,20H,9-10,12H2,1-2H3. The van der Waals surface area contributed by atoms with Crippen LogP contribution >= 0.6 is 0 Å². The highest BCUT2D eigenvalue weighted by molar-refractivity contribution is 7.89. The van der Waals surface area contributed by atoms with E-state index in [-0.39, 0.29) is 10.6 Å². The molecule has 1 N–H and O–H groups in total. The number of hydrogen-bond acceptors (Lipinski definition) is 4. The van der Waals surface area contributed by atoms with Crippen LogP contribution in [0.1, 0.15) is 11.3 Å². The van der Waals surface area contributed by atoms with Gasteiger partial charge in [-0.15, -0.1) is 0 Å². The maximum Gasteiger partial charge on any atom is 0.247 e. The fourth-order valence-corrected chi connectivity index (χ4v) is 5.05. The lowest BCUT2D eigenvalue weighted by Gasteiger charge is -2.27. The zero-order valence-electron chi connectivity index (χ0n) is 14.7. The lowest BCUT2D eigenvalue weighted by Crippen LogP contribution is -2.36. The van der Waals surface area contributed by atoms with Crippen molar-refractivity contribution in [2.75, 3.05) is 20.8 Å². The normalized spacial score (nSPS) is 15.0. The lowest BCUT2D eigenvalue weighted by atomic mass is 10.1. The Labute approximate surface area is 152 Å². The van der Waals surface area contributed by atoms with E-state index in [1.807, 2.05) is 18.2 Å². The molecule has 0 atom stereocenters. The molecule has 0 radical (unpaired) electrons. The van der Waals surface area contributed by atoms with Crippen molar-refractivity contribution in [3.05, 3.63) is 53.7 Å². The zero-order chi connectivity index (χ0) is 18.3. The molecular weight excluding hydrogens is 352 g/mol. The molecule has 1 aliphatic rings. The van der Waals surface area contributed by atoms with Gasteiger partial charge in [0.1, 0.15) is 16.4 Å². The summed E-state index contributed by atoms with van der Waals surface area (Å²) in [4.78, 5) is 3.51. The van der Waals surface area contributed by atoms with Gasteiger partial charge in [-0.3, -0.25) is 0 Å². The van der Waals surface area contributed by atoms with E-state index in [2.05, 4.69) is 11.1 Å². The number of benzene rings is 2. The van der Waals surface area contributed by atoms with Crippen molar-refractivity contribution in [3.63, 3.8) is 0 Å². The number of sulfonamides is 1. The summed E-state index contributed by atoms with van der Waals surface area (Å²) < 4.78 is 38.3. The number of rotatable bonds is 4. The summed E-state index contributed by atoms with van der Waals surface area (Å²) in [6, 6.07) is 12.8. The maximum atomic E-state index is 13.2. The number of nitrogens with zero attached hydrogens (tertiary/aromatic N) is 1. The molecule has 0 fully saturated rings. The molecule has 2 heterocycles. The molecule has 1 aromatic heterocycles. The minimum absolute atomic E-state index is 0.153. The molecule has 0 spiro atoms. The van der Waals surface area contributed by atoms with Gasteiger partial charge < -0.3 is 14.5 Å². The first-order chi connectivity index (χ1) is 12.5. The van der Waals surface area contributed by atoms with Gasteiger partial charge in [-0.25, -0.2) is 8.42 Å². The quantitative estimate of drug-likeness (QED) is 0.764. The Morgan fingerprint density at radius 2 is 1.88 bits per heavy atom. The van der Waals surface area contributed by atoms with Crippen molar-refractivity contribution in [1.29, 1.82) is 0 Å². The molecule has 0 unspecified atom stereocenters. The third-order valence-corrected chi connectivity index (χ3v) is 6.72. The second-order valence-electron chi connectivity index (χ2n) is 6.23. The number of fused-ring (bicyclic) bond motifs is 3. The predicted octanol–water partition coefficient (Wildman–Crippen LogP) is 2.93. The van der Waals surface area contributed by atoms with Gasteiger partial charge in [-0.1, -0.05) is 18.2 Å². The molecule has 26 heavy (non-hydrogen) atoms. The van der Waals surface area contributed by atoms with Gasteiger partial charge in [-0.05, 0) is 30.2 Å². The fraction of sp³-hybridized carbons (Fsp3) is 0.263. The molecule has 0 amide bonds. The Kier molecular flexibility index (Phi) is 4.13. The van der Waals surface area contributed by atoms with Crippen LogP contribution in [0, 0.1) is 0 Å². The summed E-state index contributed by atoms with van der Waals surface area (Å²) in [5.74, 6) is 0.837. The number of para-hydroxylation sites is 1. The molecule has 0 bridgehead atoms. The van der Waals surface area contributed by atoms with Gasteiger partial charge in [0.05, 0.1) is 20.8 Å². The summed E-state index contributed by atoms with van der Waals surface area (Å²) in [5.41, 5.74) is 3.20. The SMILES string of the molecule is COc1ccc(S(=O)(=O)N2CCc3c([nH]c4ccccc34)C2)c(OC)c1. The van der Waals surface area contributed by atoms with Crippen molar-refractivity contribution < 1.29 is 17.9 Å². The number of H-pyrrole nitrogens is 1. The van der Waals surface area contributed by atoms with Crippen LogP contribution in [-0.2, 0) is 23.0 Å². The molecule has 1 aliphatic heterocycles. The van der Waals surface area contributed by atoms with E-state index >= 15 is 0 Å². The van der Waals surface area contributed by atoms with Crippen molar-refractivity contribution in [2.45, 2.75) is 17.9 Å². The molecule has 3 aromatic rings. The first kappa shape index (κ1) is 16.9. The van der Waals surface area contributed by atoms with Crippen molar-refractivity contribution in [1.82, 2.24) is 9.29 Å². The van der Waals surface area contributed by atoms with Crippen LogP contribution in [0.15, 0.2) is 47.4 Å². The number of aromatic amines is 1. The first-order valence-corrected chi connectivity index (χ1v) is 9.79. The Morgan fingerprint density at radius 3 is 2.65 bits per heavy atom. The summed E-state index contributed by atoms with van der Waals surface area (Å²) in [6.45, 7) is 0.758. The number of ether oxygens (including phenoxy) is 2. The molecule has 136 valence electrons. The predicted molar refractivity (Wildman–Crippen MR) is 99.1 cm³/mol. The van der Waals surface area contributed by atoms with E-state index in [9.17, 15) is 8.42 Å². The molecule has 0 saturated heterocycles. The van der Waals surface area contributed by atoms with E-state index in [1.165, 1.54) is 35.5 Å². The summed E-state index contributed by atoms with van der Waals surface area (Å²) >= 11 is 0. The summed E-state index contributed by atoms with van der Waals surface area (Å²) in [7, 11) is -0.686. The smallest absolute Gasteiger partial charge is 0.247 e. The van der Waals surface area contributed by atoms with Crippen molar-refractivity contribution >= 4 is 20.9 Å². The van der Waals surface area contributed by atoms with Crippen molar-refractivity contribution in [2.24, 2.45) is 0 Å². The maximum absolute atomic E-state index is 13.2. The largest absolute Gasteiger partial charge is 0.497 e. The highest BCUT2D eigenvalue weighted by Crippen LogP contribution is 2.34. The van der Waals surface area contributed by atoms with E-state index < -0.39 is 10.0 Å². The molecule has 6 nitrogen and oxygen atoms in total. The first-order valence-electron chi connectivity index (χ1n) is 8.35. The number of hydrogen-bond donors (Lipinski definition) is 1. The summed E-state index contributed by atoms with van der Waals surface area (Å²) in [6.07, 6.45) is 0.678. The van der Waals surface area contributed by atoms with E-state index in [4.69, 9.17) is 9.47 Å². The van der Waals surface area contributed by atoms with Gasteiger partial charge in [0.15, 0.2) is 0 Å². The Bertz CT molecular complexity index is 1070. The van der Waals surface area contributed by atoms with Gasteiger partial charge in [0, 0.05) is 29.2 Å². The highest BCUT2D eigenvalue weighted by Gasteiger charge is 2.32. The van der Waals surface area contributed by atoms with Crippen LogP contribution in [0.2, 0.25) is 0 Å². The Hall–Kier alpha value is -2.51. The Morgan fingerprint density at radius 1 is 1.08 bits per heavy atom. The third kappa shape index (κ3) is 2.64. The number of nitrogens with one attached hydrogen (secondary N) is 1. The molecule has 0 saturated carbocycles. The third-order valence-electron chi connectivity index (χ3n) is 4.84. The topological polar surface area (TPSA) is 71.6 Å². The van der Waals surface area contributed by atoms with E-state index in [1.54, 1.807) is 12.1 Å². The second-order valence-corrected chi connectivity index (χ2v) is 8.14. The van der Waals surface area contributed by atoms with Gasteiger partial charge in [0.2, 0.25) is 10.0 Å². The van der Waals surface area contributed by atoms with Gasteiger partial charge >= 0.3 is 0 Å². The van der Waals surface area contributed by atoms with Gasteiger partial charge in [-0.2, -0.15) is 4.31 Å². The molecule has 0 aliphatic carbocycles. The van der Waals surface area contributed by atoms with E-state index in [0.29, 0.717) is 25.3 Å². The van der Waals surface area contributed by atoms with Crippen LogP contribution in [-0.4, -0.2) is 38.5 Å². The minimum Gasteiger partial charge on any atom is -0.497 e. The van der Waals surface area contributed by atoms with Crippen LogP contribution < -0.4 is 9.47 Å². The average molecular weight is 372 g/mol. The molecular formula is C19H20N2O4S. The van der Waals surface area contributed by atoms with Crippen LogP contribution in [0.5, 0.6) is 11.5 Å². The summed E-state index contributed by atoms with van der Waals surface area (Å²) in [5, 5.41) is 1.17. The number of aromatic nitrogens is 1. The van der Waals surface area contributed by atoms with Crippen LogP contribution in [0.4, 0.5) is 0 Å². The van der Waals surface area contributed by atoms with Crippen molar-refractivity contribution in [3.8, 4) is 11.5 Å². The zero-order valence-corrected chi connectivity index (χ0v) is 15.5. The van der Waals surface area contributed by atoms with E-state index in [0.717, 1.165) is 11.2 Å². The van der Waals surface area contributed by atoms with Gasteiger partial charge in [0.25, 0.3) is 0 Å². The molecule has 7 heteroatoms. The highest BCUT2D eigenvalue weighted by atomic mass is 32.2. The van der Waals surface area contributed by atoms with Crippen LogP contribution in [0.25, 0.3) is 10.9 Å². The van der Waals surface area contributed by atoms with Crippen LogP contribution in [0.3, 0.4) is 0 Å². The molecule has 2 aromatic carbocycles. The minimum atomic E-state index is -3.68. The lowest BCUT2D eigenvalue weighted by molar-refractivity contribution is 0.371. The monoisotopic (exact) mass is 372 g/mol. The molecule has 4 rings (SSSR count). The second kappa shape index (κ2) is 6.34. The number of methoxy groups -OCH3 is 2.